The molecule has 0 aromatic rings. The zero-order valence-electron chi connectivity index (χ0n) is 10.7. The Hall–Kier alpha value is -0.120. The normalized spacial score (nSPS) is 27.9. The number of aliphatic hydroxyl groups excluding tert-OH is 1. The van der Waals surface area contributed by atoms with Gasteiger partial charge in [0.2, 0.25) is 0 Å². The maximum Gasteiger partial charge on any atom is 0.0897 e. The van der Waals surface area contributed by atoms with Gasteiger partial charge in [-0.3, -0.25) is 0 Å². The first-order valence-electron chi connectivity index (χ1n) is 6.78. The Morgan fingerprint density at radius 3 is 2.75 bits per heavy atom. The molecule has 0 aliphatic heterocycles. The van der Waals surface area contributed by atoms with E-state index in [-0.39, 0.29) is 6.10 Å². The van der Waals surface area contributed by atoms with Crippen molar-refractivity contribution in [2.45, 2.75) is 58.2 Å². The molecule has 1 fully saturated rings. The smallest absolute Gasteiger partial charge is 0.0897 e. The molecule has 0 amide bonds. The van der Waals surface area contributed by atoms with E-state index in [4.69, 9.17) is 4.74 Å². The summed E-state index contributed by atoms with van der Waals surface area (Å²) < 4.78 is 5.86. The molecule has 3 heteroatoms. The van der Waals surface area contributed by atoms with Crippen LogP contribution in [0.15, 0.2) is 0 Å². The van der Waals surface area contributed by atoms with E-state index in [2.05, 4.69) is 12.2 Å². The maximum atomic E-state index is 9.68. The molecule has 1 saturated carbocycles. The van der Waals surface area contributed by atoms with Crippen molar-refractivity contribution in [1.29, 1.82) is 0 Å². The molecule has 2 N–H and O–H groups in total. The molecule has 0 aromatic carbocycles. The van der Waals surface area contributed by atoms with E-state index in [0.29, 0.717) is 25.2 Å². The summed E-state index contributed by atoms with van der Waals surface area (Å²) in [6.45, 7) is 6.30. The highest BCUT2D eigenvalue weighted by atomic mass is 16.5. The first-order valence-corrected chi connectivity index (χ1v) is 6.78. The van der Waals surface area contributed by atoms with Crippen LogP contribution in [0.1, 0.15) is 46.0 Å². The Balaban J connectivity index is 2.18. The van der Waals surface area contributed by atoms with Crippen molar-refractivity contribution < 1.29 is 9.84 Å². The summed E-state index contributed by atoms with van der Waals surface area (Å²) in [6, 6.07) is 0. The fourth-order valence-corrected chi connectivity index (χ4v) is 2.46. The molecule has 0 heterocycles. The quantitative estimate of drug-likeness (QED) is 0.701. The summed E-state index contributed by atoms with van der Waals surface area (Å²) in [4.78, 5) is 0. The number of hydrogen-bond donors (Lipinski definition) is 2. The average Bonchev–Trinajstić information content (AvgIpc) is 2.34. The van der Waals surface area contributed by atoms with Gasteiger partial charge < -0.3 is 15.2 Å². The van der Waals surface area contributed by atoms with Crippen molar-refractivity contribution in [3.05, 3.63) is 0 Å². The zero-order chi connectivity index (χ0) is 11.8. The topological polar surface area (TPSA) is 41.5 Å². The molecule has 3 nitrogen and oxygen atoms in total. The summed E-state index contributed by atoms with van der Waals surface area (Å²) in [6.07, 6.45) is 6.32. The van der Waals surface area contributed by atoms with Crippen LogP contribution in [-0.2, 0) is 4.74 Å². The first kappa shape index (κ1) is 13.9. The van der Waals surface area contributed by atoms with Gasteiger partial charge in [-0.2, -0.15) is 0 Å². The molecule has 1 aliphatic rings. The molecule has 1 rings (SSSR count). The molecule has 96 valence electrons. The molecule has 3 unspecified atom stereocenters. The summed E-state index contributed by atoms with van der Waals surface area (Å²) >= 11 is 0. The summed E-state index contributed by atoms with van der Waals surface area (Å²) in [5.41, 5.74) is 0. The standard InChI is InChI=1S/C13H27NO2/c1-3-11-7-5-6-8-13(11)16-10-12(15)9-14-4-2/h11-15H,3-10H2,1-2H3. The van der Waals surface area contributed by atoms with Crippen molar-refractivity contribution >= 4 is 0 Å². The number of nitrogens with one attached hydrogen (secondary N) is 1. The summed E-state index contributed by atoms with van der Waals surface area (Å²) in [7, 11) is 0. The van der Waals surface area contributed by atoms with Crippen LogP contribution in [0.25, 0.3) is 0 Å². The Morgan fingerprint density at radius 1 is 1.31 bits per heavy atom. The minimum Gasteiger partial charge on any atom is -0.389 e. The lowest BCUT2D eigenvalue weighted by Gasteiger charge is -2.31. The van der Waals surface area contributed by atoms with Crippen LogP contribution in [-0.4, -0.2) is 37.0 Å². The van der Waals surface area contributed by atoms with E-state index < -0.39 is 0 Å². The van der Waals surface area contributed by atoms with E-state index in [1.165, 1.54) is 32.1 Å². The second kappa shape index (κ2) is 8.04. The highest BCUT2D eigenvalue weighted by Crippen LogP contribution is 2.29. The number of ether oxygens (including phenoxy) is 1. The second-order valence-electron chi connectivity index (χ2n) is 4.79. The molecule has 3 atom stereocenters. The summed E-state index contributed by atoms with van der Waals surface area (Å²) in [5, 5.41) is 12.8. The second-order valence-corrected chi connectivity index (χ2v) is 4.79. The van der Waals surface area contributed by atoms with Gasteiger partial charge in [0.25, 0.3) is 0 Å². The lowest BCUT2D eigenvalue weighted by atomic mass is 9.85. The van der Waals surface area contributed by atoms with Gasteiger partial charge in [0.1, 0.15) is 0 Å². The maximum absolute atomic E-state index is 9.68. The van der Waals surface area contributed by atoms with E-state index in [0.717, 1.165) is 6.54 Å². The number of aliphatic hydroxyl groups is 1. The van der Waals surface area contributed by atoms with Crippen LogP contribution in [0.2, 0.25) is 0 Å². The van der Waals surface area contributed by atoms with Crippen molar-refractivity contribution in [3.63, 3.8) is 0 Å². The third-order valence-electron chi connectivity index (χ3n) is 3.50. The number of rotatable bonds is 7. The lowest BCUT2D eigenvalue weighted by molar-refractivity contribution is -0.0497. The van der Waals surface area contributed by atoms with Crippen molar-refractivity contribution in [2.24, 2.45) is 5.92 Å². The van der Waals surface area contributed by atoms with Gasteiger partial charge in [-0.05, 0) is 25.3 Å². The predicted molar refractivity (Wildman–Crippen MR) is 66.5 cm³/mol. The monoisotopic (exact) mass is 229 g/mol. The highest BCUT2D eigenvalue weighted by molar-refractivity contribution is 4.75. The molecule has 0 saturated heterocycles. The van der Waals surface area contributed by atoms with Gasteiger partial charge in [0.05, 0.1) is 18.8 Å². The zero-order valence-corrected chi connectivity index (χ0v) is 10.7. The molecule has 0 radical (unpaired) electrons. The SMILES string of the molecule is CCNCC(O)COC1CCCCC1CC. The van der Waals surface area contributed by atoms with Gasteiger partial charge in [0, 0.05) is 6.54 Å². The third kappa shape index (κ3) is 4.81. The van der Waals surface area contributed by atoms with Crippen LogP contribution < -0.4 is 5.32 Å². The number of likely N-dealkylation sites (N-methyl/N-ethyl adjacent to an activating group) is 1. The highest BCUT2D eigenvalue weighted by Gasteiger charge is 2.24. The van der Waals surface area contributed by atoms with Gasteiger partial charge in [-0.15, -0.1) is 0 Å². The van der Waals surface area contributed by atoms with Gasteiger partial charge in [0.15, 0.2) is 0 Å². The fraction of sp³-hybridized carbons (Fsp3) is 1.00. The molecular formula is C13H27NO2. The van der Waals surface area contributed by atoms with Crippen molar-refractivity contribution in [1.82, 2.24) is 5.32 Å². The predicted octanol–water partition coefficient (Wildman–Crippen LogP) is 1.94. The van der Waals surface area contributed by atoms with Crippen molar-refractivity contribution in [2.75, 3.05) is 19.7 Å². The lowest BCUT2D eigenvalue weighted by Crippen LogP contribution is -2.34. The van der Waals surface area contributed by atoms with E-state index in [1.807, 2.05) is 6.92 Å². The van der Waals surface area contributed by atoms with Crippen LogP contribution in [0.5, 0.6) is 0 Å². The Bertz CT molecular complexity index is 175. The van der Waals surface area contributed by atoms with Crippen LogP contribution >= 0.6 is 0 Å². The molecular weight excluding hydrogens is 202 g/mol. The Morgan fingerprint density at radius 2 is 2.06 bits per heavy atom. The van der Waals surface area contributed by atoms with Crippen molar-refractivity contribution in [3.8, 4) is 0 Å². The number of hydrogen-bond acceptors (Lipinski definition) is 3. The third-order valence-corrected chi connectivity index (χ3v) is 3.50. The Kier molecular flexibility index (Phi) is 7.01. The minimum absolute atomic E-state index is 0.362. The summed E-state index contributed by atoms with van der Waals surface area (Å²) in [5.74, 6) is 0.708. The van der Waals surface area contributed by atoms with Gasteiger partial charge >= 0.3 is 0 Å². The molecule has 0 bridgehead atoms. The molecule has 16 heavy (non-hydrogen) atoms. The fourth-order valence-electron chi connectivity index (χ4n) is 2.46. The molecule has 1 aliphatic carbocycles. The molecule has 0 spiro atoms. The van der Waals surface area contributed by atoms with E-state index in [1.54, 1.807) is 0 Å². The van der Waals surface area contributed by atoms with Gasteiger partial charge in [-0.25, -0.2) is 0 Å². The minimum atomic E-state index is -0.362. The van der Waals surface area contributed by atoms with Crippen LogP contribution in [0.4, 0.5) is 0 Å². The van der Waals surface area contributed by atoms with Crippen LogP contribution in [0, 0.1) is 5.92 Å². The van der Waals surface area contributed by atoms with Gasteiger partial charge in [-0.1, -0.05) is 33.1 Å². The van der Waals surface area contributed by atoms with E-state index >= 15 is 0 Å². The average molecular weight is 229 g/mol. The first-order chi connectivity index (χ1) is 7.77. The largest absolute Gasteiger partial charge is 0.389 e. The Labute approximate surface area is 99.6 Å². The van der Waals surface area contributed by atoms with E-state index in [9.17, 15) is 5.11 Å². The van der Waals surface area contributed by atoms with Crippen LogP contribution in [0.3, 0.4) is 0 Å². The molecule has 0 aromatic heterocycles.